The van der Waals surface area contributed by atoms with Crippen LogP contribution in [0.4, 0.5) is 5.82 Å². The summed E-state index contributed by atoms with van der Waals surface area (Å²) in [5.74, 6) is 1.81. The van der Waals surface area contributed by atoms with Crippen LogP contribution < -0.4 is 15.4 Å². The fourth-order valence-electron chi connectivity index (χ4n) is 4.51. The number of aryl methyl sites for hydroxylation is 1. The smallest absolute Gasteiger partial charge is 0.270 e. The van der Waals surface area contributed by atoms with E-state index in [4.69, 9.17) is 9.15 Å². The molecule has 5 rings (SSSR count). The van der Waals surface area contributed by atoms with Gasteiger partial charge in [-0.1, -0.05) is 6.07 Å². The van der Waals surface area contributed by atoms with Crippen LogP contribution >= 0.6 is 15.9 Å². The SMILES string of the molecule is Cc1ncoc1COc1ccc2c(c1Br)CCN(C[C@@H](O)CNC(=O)c1cc(NC3CCC3)ncn1)C2. The lowest BCUT2D eigenvalue weighted by Gasteiger charge is -2.31. The second kappa shape index (κ2) is 11.6. The molecule has 10 nitrogen and oxygen atoms in total. The molecule has 3 aromatic rings. The van der Waals surface area contributed by atoms with E-state index < -0.39 is 6.10 Å². The van der Waals surface area contributed by atoms with Gasteiger partial charge in [0.1, 0.15) is 30.2 Å². The maximum absolute atomic E-state index is 12.6. The number of halogens is 1. The van der Waals surface area contributed by atoms with Gasteiger partial charge in [-0.3, -0.25) is 9.69 Å². The van der Waals surface area contributed by atoms with Crippen LogP contribution in [0.25, 0.3) is 0 Å². The van der Waals surface area contributed by atoms with Gasteiger partial charge in [0.15, 0.2) is 12.2 Å². The predicted molar refractivity (Wildman–Crippen MR) is 140 cm³/mol. The highest BCUT2D eigenvalue weighted by Crippen LogP contribution is 2.35. The Kier molecular flexibility index (Phi) is 8.02. The Labute approximate surface area is 224 Å². The average Bonchev–Trinajstić information content (AvgIpc) is 3.29. The van der Waals surface area contributed by atoms with Gasteiger partial charge in [0.2, 0.25) is 0 Å². The minimum Gasteiger partial charge on any atom is -0.484 e. The van der Waals surface area contributed by atoms with Gasteiger partial charge >= 0.3 is 0 Å². The van der Waals surface area contributed by atoms with Gasteiger partial charge in [-0.15, -0.1) is 0 Å². The van der Waals surface area contributed by atoms with E-state index in [0.29, 0.717) is 37.3 Å². The molecule has 2 aliphatic rings. The summed E-state index contributed by atoms with van der Waals surface area (Å²) < 4.78 is 12.3. The van der Waals surface area contributed by atoms with E-state index in [0.717, 1.165) is 41.7 Å². The van der Waals surface area contributed by atoms with Crippen LogP contribution in [0, 0.1) is 6.92 Å². The number of aromatic nitrogens is 3. The van der Waals surface area contributed by atoms with E-state index in [1.165, 1.54) is 30.3 Å². The Morgan fingerprint density at radius 3 is 2.95 bits per heavy atom. The molecule has 1 aliphatic carbocycles. The first-order valence-corrected chi connectivity index (χ1v) is 13.3. The fraction of sp³-hybridized carbons (Fsp3) is 0.462. The first-order chi connectivity index (χ1) is 18.0. The molecule has 1 saturated carbocycles. The van der Waals surface area contributed by atoms with Crippen LogP contribution in [-0.4, -0.2) is 62.6 Å². The molecule has 0 spiro atoms. The lowest BCUT2D eigenvalue weighted by molar-refractivity contribution is 0.0837. The highest BCUT2D eigenvalue weighted by atomic mass is 79.9. The Bertz CT molecular complexity index is 1250. The number of oxazole rings is 1. The molecular weight excluding hydrogens is 540 g/mol. The number of nitrogens with one attached hydrogen (secondary N) is 2. The van der Waals surface area contributed by atoms with Gasteiger partial charge < -0.3 is 24.9 Å². The van der Waals surface area contributed by atoms with Crippen molar-refractivity contribution in [3.63, 3.8) is 0 Å². The number of rotatable bonds is 10. The Balaban J connectivity index is 1.10. The number of aliphatic hydroxyl groups excluding tert-OH is 1. The summed E-state index contributed by atoms with van der Waals surface area (Å²) in [4.78, 5) is 27.1. The zero-order valence-electron chi connectivity index (χ0n) is 20.7. The summed E-state index contributed by atoms with van der Waals surface area (Å²) in [7, 11) is 0. The number of fused-ring (bicyclic) bond motifs is 1. The van der Waals surface area contributed by atoms with Crippen LogP contribution in [0.15, 0.2) is 39.8 Å². The summed E-state index contributed by atoms with van der Waals surface area (Å²) in [6, 6.07) is 6.09. The van der Waals surface area contributed by atoms with Crippen molar-refractivity contribution in [1.82, 2.24) is 25.2 Å². The number of aliphatic hydroxyl groups is 1. The Hall–Kier alpha value is -3.02. The third-order valence-electron chi connectivity index (χ3n) is 6.90. The van der Waals surface area contributed by atoms with Crippen molar-refractivity contribution in [1.29, 1.82) is 0 Å². The molecular formula is C26H31BrN6O4. The molecule has 0 saturated heterocycles. The quantitative estimate of drug-likeness (QED) is 0.336. The first-order valence-electron chi connectivity index (χ1n) is 12.6. The van der Waals surface area contributed by atoms with Crippen molar-refractivity contribution in [3.05, 3.63) is 63.7 Å². The molecule has 3 N–H and O–H groups in total. The molecule has 11 heteroatoms. The molecule has 0 bridgehead atoms. The van der Waals surface area contributed by atoms with Crippen molar-refractivity contribution in [2.75, 3.05) is 25.0 Å². The minimum atomic E-state index is -0.698. The van der Waals surface area contributed by atoms with Gasteiger partial charge in [-0.2, -0.15) is 0 Å². The fourth-order valence-corrected chi connectivity index (χ4v) is 5.21. The van der Waals surface area contributed by atoms with E-state index in [2.05, 4.69) is 52.5 Å². The van der Waals surface area contributed by atoms with Crippen molar-refractivity contribution in [2.45, 2.75) is 57.9 Å². The lowest BCUT2D eigenvalue weighted by Crippen LogP contribution is -2.42. The van der Waals surface area contributed by atoms with E-state index in [-0.39, 0.29) is 18.1 Å². The van der Waals surface area contributed by atoms with Gasteiger partial charge in [0, 0.05) is 38.3 Å². The summed E-state index contributed by atoms with van der Waals surface area (Å²) >= 11 is 3.71. The minimum absolute atomic E-state index is 0.148. The van der Waals surface area contributed by atoms with Gasteiger partial charge in [0.05, 0.1) is 16.3 Å². The van der Waals surface area contributed by atoms with E-state index >= 15 is 0 Å². The second-order valence-corrected chi connectivity index (χ2v) is 10.4. The van der Waals surface area contributed by atoms with E-state index in [1.807, 2.05) is 13.0 Å². The maximum atomic E-state index is 12.6. The first kappa shape index (κ1) is 25.6. The largest absolute Gasteiger partial charge is 0.484 e. The number of hydrogen-bond acceptors (Lipinski definition) is 9. The molecule has 1 aromatic carbocycles. The topological polar surface area (TPSA) is 126 Å². The molecule has 1 fully saturated rings. The average molecular weight is 571 g/mol. The summed E-state index contributed by atoms with van der Waals surface area (Å²) in [5, 5.41) is 16.7. The van der Waals surface area contributed by atoms with Crippen LogP contribution in [0.3, 0.4) is 0 Å². The summed E-state index contributed by atoms with van der Waals surface area (Å²) in [6.45, 7) is 4.32. The number of benzene rings is 1. The van der Waals surface area contributed by atoms with Crippen molar-refractivity contribution < 1.29 is 19.1 Å². The monoisotopic (exact) mass is 570 g/mol. The Morgan fingerprint density at radius 1 is 1.32 bits per heavy atom. The third kappa shape index (κ3) is 6.28. The number of carbonyl (C=O) groups excluding carboxylic acids is 1. The van der Waals surface area contributed by atoms with E-state index in [9.17, 15) is 9.90 Å². The number of hydrogen-bond donors (Lipinski definition) is 3. The van der Waals surface area contributed by atoms with Gasteiger partial charge in [-0.25, -0.2) is 15.0 Å². The maximum Gasteiger partial charge on any atom is 0.270 e. The number of β-amino-alcohol motifs (C(OH)–C–C–N with tert-alkyl or cyclic N) is 1. The predicted octanol–water partition coefficient (Wildman–Crippen LogP) is 3.23. The number of ether oxygens (including phenoxy) is 1. The normalized spacial score (nSPS) is 16.5. The number of carbonyl (C=O) groups is 1. The van der Waals surface area contributed by atoms with Crippen molar-refractivity contribution in [3.8, 4) is 5.75 Å². The van der Waals surface area contributed by atoms with Crippen molar-refractivity contribution in [2.24, 2.45) is 0 Å². The molecule has 0 unspecified atom stereocenters. The molecule has 2 aromatic heterocycles. The number of anilines is 1. The molecule has 3 heterocycles. The van der Waals surface area contributed by atoms with Crippen LogP contribution in [0.5, 0.6) is 5.75 Å². The molecule has 1 atom stereocenters. The molecule has 1 amide bonds. The summed E-state index contributed by atoms with van der Waals surface area (Å²) in [5.41, 5.74) is 3.51. The summed E-state index contributed by atoms with van der Waals surface area (Å²) in [6.07, 6.45) is 6.39. The second-order valence-electron chi connectivity index (χ2n) is 9.57. The van der Waals surface area contributed by atoms with Crippen molar-refractivity contribution >= 4 is 27.7 Å². The van der Waals surface area contributed by atoms with Gasteiger partial charge in [0.25, 0.3) is 5.91 Å². The zero-order valence-corrected chi connectivity index (χ0v) is 22.3. The Morgan fingerprint density at radius 2 is 2.19 bits per heavy atom. The highest BCUT2D eigenvalue weighted by molar-refractivity contribution is 9.10. The number of nitrogens with zero attached hydrogens (tertiary/aromatic N) is 4. The molecule has 1 aliphatic heterocycles. The van der Waals surface area contributed by atoms with Crippen LogP contribution in [0.1, 0.15) is 52.3 Å². The number of amides is 1. The zero-order chi connectivity index (χ0) is 25.8. The highest BCUT2D eigenvalue weighted by Gasteiger charge is 2.23. The lowest BCUT2D eigenvalue weighted by atomic mass is 9.93. The molecule has 0 radical (unpaired) electrons. The van der Waals surface area contributed by atoms with Crippen LogP contribution in [-0.2, 0) is 19.6 Å². The standard InChI is InChI=1S/C26H31BrN6O4/c1-16-23(37-15-31-16)13-36-22-6-5-17-11-33(8-7-20(17)25(22)27)12-19(34)10-28-26(35)21-9-24(30-14-29-21)32-18-3-2-4-18/h5-6,9,14-15,18-19,34H,2-4,7-8,10-13H2,1H3,(H,28,35)(H,29,30,32)/t19-/m0/s1. The third-order valence-corrected chi connectivity index (χ3v) is 7.77. The molecule has 196 valence electrons. The molecule has 37 heavy (non-hydrogen) atoms. The van der Waals surface area contributed by atoms with Crippen LogP contribution in [0.2, 0.25) is 0 Å². The van der Waals surface area contributed by atoms with E-state index in [1.54, 1.807) is 6.07 Å². The van der Waals surface area contributed by atoms with Gasteiger partial charge in [-0.05, 0) is 65.7 Å².